The predicted molar refractivity (Wildman–Crippen MR) is 75.2 cm³/mol. The largest absolute Gasteiger partial charge is 0.573 e. The van der Waals surface area contributed by atoms with Crippen molar-refractivity contribution in [2.45, 2.75) is 32.8 Å². The maximum Gasteiger partial charge on any atom is 0.573 e. The second kappa shape index (κ2) is 6.91. The SMILES string of the molecule is CCc1cnc(CNCc2cccc(OC(F)(F)F)c2)s1. The van der Waals surface area contributed by atoms with Crippen LogP contribution in [-0.4, -0.2) is 11.3 Å². The summed E-state index contributed by atoms with van der Waals surface area (Å²) in [7, 11) is 0. The number of aromatic nitrogens is 1. The fraction of sp³-hybridized carbons (Fsp3) is 0.357. The lowest BCUT2D eigenvalue weighted by molar-refractivity contribution is -0.274. The van der Waals surface area contributed by atoms with Gasteiger partial charge < -0.3 is 10.1 Å². The average molecular weight is 316 g/mol. The van der Waals surface area contributed by atoms with Crippen LogP contribution in [0.5, 0.6) is 5.75 Å². The number of ether oxygens (including phenoxy) is 1. The van der Waals surface area contributed by atoms with Gasteiger partial charge in [0.2, 0.25) is 0 Å². The monoisotopic (exact) mass is 316 g/mol. The number of aryl methyl sites for hydroxylation is 1. The summed E-state index contributed by atoms with van der Waals surface area (Å²) in [5.74, 6) is -0.204. The summed E-state index contributed by atoms with van der Waals surface area (Å²) in [5.41, 5.74) is 0.726. The molecule has 0 radical (unpaired) electrons. The van der Waals surface area contributed by atoms with Crippen molar-refractivity contribution in [2.24, 2.45) is 0 Å². The van der Waals surface area contributed by atoms with Crippen LogP contribution in [-0.2, 0) is 19.5 Å². The fourth-order valence-electron chi connectivity index (χ4n) is 1.76. The van der Waals surface area contributed by atoms with Crippen LogP contribution >= 0.6 is 11.3 Å². The predicted octanol–water partition coefficient (Wildman–Crippen LogP) is 3.89. The van der Waals surface area contributed by atoms with E-state index in [9.17, 15) is 13.2 Å². The Kier molecular flexibility index (Phi) is 5.19. The molecule has 2 rings (SSSR count). The Labute approximate surface area is 124 Å². The molecule has 0 aliphatic carbocycles. The fourth-order valence-corrected chi connectivity index (χ4v) is 2.59. The van der Waals surface area contributed by atoms with Crippen LogP contribution in [0.3, 0.4) is 0 Å². The van der Waals surface area contributed by atoms with E-state index in [2.05, 4.69) is 22.0 Å². The number of benzene rings is 1. The quantitative estimate of drug-likeness (QED) is 0.878. The van der Waals surface area contributed by atoms with E-state index in [4.69, 9.17) is 0 Å². The lowest BCUT2D eigenvalue weighted by Gasteiger charge is -2.10. The van der Waals surface area contributed by atoms with E-state index >= 15 is 0 Å². The molecule has 0 atom stereocenters. The second-order valence-electron chi connectivity index (χ2n) is 4.37. The first-order valence-corrected chi connectivity index (χ1v) is 7.27. The number of thiazole rings is 1. The second-order valence-corrected chi connectivity index (χ2v) is 5.57. The van der Waals surface area contributed by atoms with E-state index in [1.807, 2.05) is 6.20 Å². The zero-order valence-corrected chi connectivity index (χ0v) is 12.2. The topological polar surface area (TPSA) is 34.2 Å². The Morgan fingerprint density at radius 1 is 1.29 bits per heavy atom. The maximum absolute atomic E-state index is 12.1. The van der Waals surface area contributed by atoms with Gasteiger partial charge in [-0.2, -0.15) is 0 Å². The molecule has 0 amide bonds. The van der Waals surface area contributed by atoms with Crippen molar-refractivity contribution in [1.82, 2.24) is 10.3 Å². The zero-order valence-electron chi connectivity index (χ0n) is 11.4. The third kappa shape index (κ3) is 5.35. The minimum atomic E-state index is -4.66. The molecule has 3 nitrogen and oxygen atoms in total. The van der Waals surface area contributed by atoms with Gasteiger partial charge in [-0.05, 0) is 24.1 Å². The van der Waals surface area contributed by atoms with Gasteiger partial charge in [-0.15, -0.1) is 24.5 Å². The summed E-state index contributed by atoms with van der Waals surface area (Å²) in [4.78, 5) is 5.48. The van der Waals surface area contributed by atoms with E-state index < -0.39 is 6.36 Å². The lowest BCUT2D eigenvalue weighted by Crippen LogP contribution is -2.17. The molecule has 0 saturated heterocycles. The standard InChI is InChI=1S/C14H15F3N2OS/c1-2-12-8-19-13(21-12)9-18-7-10-4-3-5-11(6-10)20-14(15,16)17/h3-6,8,18H,2,7,9H2,1H3. The van der Waals surface area contributed by atoms with E-state index in [1.165, 1.54) is 23.1 Å². The zero-order chi connectivity index (χ0) is 15.3. The highest BCUT2D eigenvalue weighted by molar-refractivity contribution is 7.11. The highest BCUT2D eigenvalue weighted by Gasteiger charge is 2.31. The van der Waals surface area contributed by atoms with Gasteiger partial charge in [0.05, 0.1) is 0 Å². The molecule has 114 valence electrons. The molecule has 1 aromatic carbocycles. The van der Waals surface area contributed by atoms with Crippen LogP contribution in [0, 0.1) is 0 Å². The van der Waals surface area contributed by atoms with E-state index in [1.54, 1.807) is 17.4 Å². The summed E-state index contributed by atoms with van der Waals surface area (Å²) >= 11 is 1.63. The van der Waals surface area contributed by atoms with Crippen molar-refractivity contribution in [2.75, 3.05) is 0 Å². The Bertz CT molecular complexity index is 584. The van der Waals surface area contributed by atoms with Crippen molar-refractivity contribution in [1.29, 1.82) is 0 Å². The molecule has 0 saturated carbocycles. The number of halogens is 3. The molecule has 0 spiro atoms. The summed E-state index contributed by atoms with van der Waals surface area (Å²) in [6.45, 7) is 3.11. The Balaban J connectivity index is 1.87. The highest BCUT2D eigenvalue weighted by Crippen LogP contribution is 2.23. The number of alkyl halides is 3. The summed E-state index contributed by atoms with van der Waals surface area (Å²) in [6.07, 6.45) is -1.86. The van der Waals surface area contributed by atoms with E-state index in [0.717, 1.165) is 17.0 Å². The molecule has 21 heavy (non-hydrogen) atoms. The summed E-state index contributed by atoms with van der Waals surface area (Å²) < 4.78 is 40.3. The van der Waals surface area contributed by atoms with Crippen molar-refractivity contribution < 1.29 is 17.9 Å². The van der Waals surface area contributed by atoms with E-state index in [-0.39, 0.29) is 5.75 Å². The van der Waals surface area contributed by atoms with Crippen molar-refractivity contribution in [3.05, 3.63) is 45.9 Å². The number of hydrogen-bond acceptors (Lipinski definition) is 4. The molecule has 0 aliphatic rings. The van der Waals surface area contributed by atoms with Gasteiger partial charge in [-0.3, -0.25) is 0 Å². The molecular formula is C14H15F3N2OS. The molecule has 1 aromatic heterocycles. The number of nitrogens with zero attached hydrogens (tertiary/aromatic N) is 1. The average Bonchev–Trinajstić information content (AvgIpc) is 2.85. The van der Waals surface area contributed by atoms with Gasteiger partial charge in [0, 0.05) is 24.2 Å². The molecule has 2 aromatic rings. The van der Waals surface area contributed by atoms with Crippen LogP contribution in [0.15, 0.2) is 30.5 Å². The molecule has 0 bridgehead atoms. The Hall–Kier alpha value is -1.60. The van der Waals surface area contributed by atoms with Gasteiger partial charge in [-0.1, -0.05) is 19.1 Å². The normalized spacial score (nSPS) is 11.6. The minimum Gasteiger partial charge on any atom is -0.406 e. The highest BCUT2D eigenvalue weighted by atomic mass is 32.1. The Morgan fingerprint density at radius 2 is 2.10 bits per heavy atom. The first kappa shape index (κ1) is 15.8. The van der Waals surface area contributed by atoms with Gasteiger partial charge in [0.15, 0.2) is 0 Å². The third-order valence-electron chi connectivity index (χ3n) is 2.69. The van der Waals surface area contributed by atoms with Gasteiger partial charge in [-0.25, -0.2) is 4.98 Å². The van der Waals surface area contributed by atoms with Gasteiger partial charge in [0.1, 0.15) is 10.8 Å². The number of hydrogen-bond donors (Lipinski definition) is 1. The van der Waals surface area contributed by atoms with Crippen molar-refractivity contribution >= 4 is 11.3 Å². The summed E-state index contributed by atoms with van der Waals surface area (Å²) in [6, 6.07) is 5.94. The molecule has 7 heteroatoms. The first-order valence-electron chi connectivity index (χ1n) is 6.45. The third-order valence-corrected chi connectivity index (χ3v) is 3.83. The molecule has 0 unspecified atom stereocenters. The molecule has 1 N–H and O–H groups in total. The van der Waals surface area contributed by atoms with Crippen LogP contribution < -0.4 is 10.1 Å². The van der Waals surface area contributed by atoms with Crippen LogP contribution in [0.4, 0.5) is 13.2 Å². The summed E-state index contributed by atoms with van der Waals surface area (Å²) in [5, 5.41) is 4.12. The van der Waals surface area contributed by atoms with Crippen molar-refractivity contribution in [3.8, 4) is 5.75 Å². The number of nitrogens with one attached hydrogen (secondary N) is 1. The van der Waals surface area contributed by atoms with Crippen molar-refractivity contribution in [3.63, 3.8) is 0 Å². The number of rotatable bonds is 6. The first-order chi connectivity index (χ1) is 9.96. The Morgan fingerprint density at radius 3 is 2.76 bits per heavy atom. The van der Waals surface area contributed by atoms with E-state index in [0.29, 0.717) is 13.1 Å². The van der Waals surface area contributed by atoms with Gasteiger partial charge in [0.25, 0.3) is 0 Å². The van der Waals surface area contributed by atoms with Crippen LogP contribution in [0.2, 0.25) is 0 Å². The lowest BCUT2D eigenvalue weighted by atomic mass is 10.2. The van der Waals surface area contributed by atoms with Crippen LogP contribution in [0.1, 0.15) is 22.4 Å². The maximum atomic E-state index is 12.1. The minimum absolute atomic E-state index is 0.204. The van der Waals surface area contributed by atoms with Crippen LogP contribution in [0.25, 0.3) is 0 Å². The smallest absolute Gasteiger partial charge is 0.406 e. The molecular weight excluding hydrogens is 301 g/mol. The molecule has 0 fully saturated rings. The molecule has 1 heterocycles. The molecule has 0 aliphatic heterocycles. The van der Waals surface area contributed by atoms with Gasteiger partial charge >= 0.3 is 6.36 Å².